The molecule has 0 aromatic heterocycles. The maximum Gasteiger partial charge on any atom is 0.250 e. The molecule has 4 heteroatoms. The van der Waals surface area contributed by atoms with E-state index in [4.69, 9.17) is 9.84 Å². The summed E-state index contributed by atoms with van der Waals surface area (Å²) in [7, 11) is 0. The first-order chi connectivity index (χ1) is 7.63. The van der Waals surface area contributed by atoms with Crippen molar-refractivity contribution in [3.05, 3.63) is 29.3 Å². The molecule has 1 amide bonds. The maximum absolute atomic E-state index is 11.4. The summed E-state index contributed by atoms with van der Waals surface area (Å²) < 4.78 is 4.92. The van der Waals surface area contributed by atoms with E-state index in [2.05, 4.69) is 5.32 Å². The van der Waals surface area contributed by atoms with E-state index < -0.39 is 0 Å². The molecule has 0 spiro atoms. The SMILES string of the molecule is Cc1ccc(C)c(NC(=O)COCCO)c1. The van der Waals surface area contributed by atoms with Gasteiger partial charge < -0.3 is 15.2 Å². The van der Waals surface area contributed by atoms with E-state index in [0.717, 1.165) is 16.8 Å². The van der Waals surface area contributed by atoms with Crippen LogP contribution in [-0.4, -0.2) is 30.8 Å². The normalized spacial score (nSPS) is 10.2. The van der Waals surface area contributed by atoms with Crippen molar-refractivity contribution in [1.82, 2.24) is 0 Å². The van der Waals surface area contributed by atoms with Gasteiger partial charge in [0, 0.05) is 5.69 Å². The van der Waals surface area contributed by atoms with Crippen LogP contribution in [-0.2, 0) is 9.53 Å². The van der Waals surface area contributed by atoms with Crippen LogP contribution < -0.4 is 5.32 Å². The Bertz CT molecular complexity index is 363. The largest absolute Gasteiger partial charge is 0.394 e. The van der Waals surface area contributed by atoms with Gasteiger partial charge in [0.1, 0.15) is 6.61 Å². The summed E-state index contributed by atoms with van der Waals surface area (Å²) in [5, 5.41) is 11.3. The van der Waals surface area contributed by atoms with Gasteiger partial charge in [-0.25, -0.2) is 0 Å². The number of anilines is 1. The van der Waals surface area contributed by atoms with Crippen LogP contribution in [0.15, 0.2) is 18.2 Å². The minimum Gasteiger partial charge on any atom is -0.394 e. The van der Waals surface area contributed by atoms with Gasteiger partial charge in [-0.1, -0.05) is 12.1 Å². The minimum absolute atomic E-state index is 0.0338. The van der Waals surface area contributed by atoms with Gasteiger partial charge in [-0.15, -0.1) is 0 Å². The molecular weight excluding hydrogens is 206 g/mol. The first kappa shape index (κ1) is 12.7. The number of amides is 1. The summed E-state index contributed by atoms with van der Waals surface area (Å²) in [6.45, 7) is 3.98. The summed E-state index contributed by atoms with van der Waals surface area (Å²) in [5.41, 5.74) is 2.91. The predicted octanol–water partition coefficient (Wildman–Crippen LogP) is 1.25. The number of nitrogens with one attached hydrogen (secondary N) is 1. The number of rotatable bonds is 5. The van der Waals surface area contributed by atoms with Gasteiger partial charge in [0.05, 0.1) is 13.2 Å². The fourth-order valence-corrected chi connectivity index (χ4v) is 1.29. The van der Waals surface area contributed by atoms with Crippen molar-refractivity contribution in [2.45, 2.75) is 13.8 Å². The molecule has 88 valence electrons. The Morgan fingerprint density at radius 1 is 1.44 bits per heavy atom. The molecule has 0 aliphatic rings. The number of hydrogen-bond donors (Lipinski definition) is 2. The molecule has 0 saturated carbocycles. The van der Waals surface area contributed by atoms with Crippen molar-refractivity contribution >= 4 is 11.6 Å². The smallest absolute Gasteiger partial charge is 0.250 e. The lowest BCUT2D eigenvalue weighted by molar-refractivity contribution is -0.120. The average Bonchev–Trinajstić information content (AvgIpc) is 2.24. The van der Waals surface area contributed by atoms with Gasteiger partial charge in [-0.05, 0) is 31.0 Å². The van der Waals surface area contributed by atoms with Crippen LogP contribution >= 0.6 is 0 Å². The molecule has 0 atom stereocenters. The second-order valence-corrected chi connectivity index (χ2v) is 3.64. The lowest BCUT2D eigenvalue weighted by Crippen LogP contribution is -2.19. The number of aliphatic hydroxyl groups excluding tert-OH is 1. The number of aryl methyl sites for hydroxylation is 2. The van der Waals surface area contributed by atoms with Crippen LogP contribution in [0.25, 0.3) is 0 Å². The second kappa shape index (κ2) is 6.25. The van der Waals surface area contributed by atoms with Crippen molar-refractivity contribution in [3.63, 3.8) is 0 Å². The number of carbonyl (C=O) groups excluding carboxylic acids is 1. The number of aliphatic hydroxyl groups is 1. The Morgan fingerprint density at radius 3 is 2.88 bits per heavy atom. The fourth-order valence-electron chi connectivity index (χ4n) is 1.29. The van der Waals surface area contributed by atoms with Crippen molar-refractivity contribution < 1.29 is 14.6 Å². The highest BCUT2D eigenvalue weighted by Crippen LogP contribution is 2.15. The van der Waals surface area contributed by atoms with Crippen LogP contribution in [0.5, 0.6) is 0 Å². The topological polar surface area (TPSA) is 58.6 Å². The van der Waals surface area contributed by atoms with E-state index in [9.17, 15) is 4.79 Å². The molecule has 0 heterocycles. The van der Waals surface area contributed by atoms with Gasteiger partial charge in [0.25, 0.3) is 0 Å². The standard InChI is InChI=1S/C12H17NO3/c1-9-3-4-10(2)11(7-9)13-12(15)8-16-6-5-14/h3-4,7,14H,5-6,8H2,1-2H3,(H,13,15). The summed E-state index contributed by atoms with van der Waals surface area (Å²) >= 11 is 0. The predicted molar refractivity (Wildman–Crippen MR) is 62.5 cm³/mol. The molecule has 0 aliphatic heterocycles. The molecule has 0 radical (unpaired) electrons. The van der Waals surface area contributed by atoms with Gasteiger partial charge in [-0.2, -0.15) is 0 Å². The summed E-state index contributed by atoms with van der Waals surface area (Å²) in [5.74, 6) is -0.206. The van der Waals surface area contributed by atoms with Crippen molar-refractivity contribution in [3.8, 4) is 0 Å². The zero-order chi connectivity index (χ0) is 12.0. The maximum atomic E-state index is 11.4. The molecule has 0 saturated heterocycles. The van der Waals surface area contributed by atoms with E-state index in [0.29, 0.717) is 0 Å². The molecular formula is C12H17NO3. The third-order valence-corrected chi connectivity index (χ3v) is 2.14. The van der Waals surface area contributed by atoms with Crippen LogP contribution in [0.1, 0.15) is 11.1 Å². The highest BCUT2D eigenvalue weighted by Gasteiger charge is 2.04. The van der Waals surface area contributed by atoms with E-state index in [1.165, 1.54) is 0 Å². The Kier molecular flexibility index (Phi) is 4.95. The average molecular weight is 223 g/mol. The zero-order valence-corrected chi connectivity index (χ0v) is 9.62. The molecule has 1 aromatic rings. The lowest BCUT2D eigenvalue weighted by Gasteiger charge is -2.09. The van der Waals surface area contributed by atoms with E-state index in [1.54, 1.807) is 0 Å². The van der Waals surface area contributed by atoms with Crippen LogP contribution in [0.3, 0.4) is 0 Å². The summed E-state index contributed by atoms with van der Waals surface area (Å²) in [4.78, 5) is 11.4. The molecule has 0 unspecified atom stereocenters. The monoisotopic (exact) mass is 223 g/mol. The Hall–Kier alpha value is -1.39. The van der Waals surface area contributed by atoms with Crippen LogP contribution in [0.4, 0.5) is 5.69 Å². The lowest BCUT2D eigenvalue weighted by atomic mass is 10.1. The summed E-state index contributed by atoms with van der Waals surface area (Å²) in [6, 6.07) is 5.87. The minimum atomic E-state index is -0.206. The highest BCUT2D eigenvalue weighted by molar-refractivity contribution is 5.92. The van der Waals surface area contributed by atoms with Gasteiger partial charge in [0.15, 0.2) is 0 Å². The van der Waals surface area contributed by atoms with Crippen LogP contribution in [0.2, 0.25) is 0 Å². The molecule has 2 N–H and O–H groups in total. The molecule has 4 nitrogen and oxygen atoms in total. The van der Waals surface area contributed by atoms with Gasteiger partial charge in [-0.3, -0.25) is 4.79 Å². The molecule has 1 aromatic carbocycles. The van der Waals surface area contributed by atoms with Crippen LogP contribution in [0, 0.1) is 13.8 Å². The molecule has 1 rings (SSSR count). The third kappa shape index (κ3) is 4.00. The molecule has 0 fully saturated rings. The first-order valence-electron chi connectivity index (χ1n) is 5.19. The van der Waals surface area contributed by atoms with Crippen molar-refractivity contribution in [1.29, 1.82) is 0 Å². The fraction of sp³-hybridized carbons (Fsp3) is 0.417. The Balaban J connectivity index is 2.52. The van der Waals surface area contributed by atoms with E-state index in [1.807, 2.05) is 32.0 Å². The second-order valence-electron chi connectivity index (χ2n) is 3.64. The Morgan fingerprint density at radius 2 is 2.19 bits per heavy atom. The molecule has 0 aliphatic carbocycles. The van der Waals surface area contributed by atoms with Crippen molar-refractivity contribution in [2.75, 3.05) is 25.1 Å². The number of benzene rings is 1. The number of carbonyl (C=O) groups is 1. The van der Waals surface area contributed by atoms with Gasteiger partial charge in [0.2, 0.25) is 5.91 Å². The zero-order valence-electron chi connectivity index (χ0n) is 9.62. The first-order valence-corrected chi connectivity index (χ1v) is 5.19. The van der Waals surface area contributed by atoms with Crippen molar-refractivity contribution in [2.24, 2.45) is 0 Å². The summed E-state index contributed by atoms with van der Waals surface area (Å²) in [6.07, 6.45) is 0. The quantitative estimate of drug-likeness (QED) is 0.739. The number of hydrogen-bond acceptors (Lipinski definition) is 3. The number of ether oxygens (including phenoxy) is 1. The Labute approximate surface area is 95.2 Å². The molecule has 0 bridgehead atoms. The highest BCUT2D eigenvalue weighted by atomic mass is 16.5. The van der Waals surface area contributed by atoms with E-state index in [-0.39, 0.29) is 25.7 Å². The van der Waals surface area contributed by atoms with E-state index >= 15 is 0 Å². The molecule has 16 heavy (non-hydrogen) atoms. The third-order valence-electron chi connectivity index (χ3n) is 2.14. The van der Waals surface area contributed by atoms with Gasteiger partial charge >= 0.3 is 0 Å².